The first-order chi connectivity index (χ1) is 13.5. The molecule has 2 amide bonds. The van der Waals surface area contributed by atoms with Gasteiger partial charge in [-0.1, -0.05) is 12.1 Å². The van der Waals surface area contributed by atoms with Crippen molar-refractivity contribution in [2.24, 2.45) is 0 Å². The van der Waals surface area contributed by atoms with Crippen LogP contribution in [0.4, 0.5) is 19.3 Å². The van der Waals surface area contributed by atoms with Gasteiger partial charge in [0.25, 0.3) is 0 Å². The van der Waals surface area contributed by atoms with Gasteiger partial charge in [-0.15, -0.1) is 0 Å². The number of carbonyl (C=O) groups excluding carboxylic acids is 2. The number of methoxy groups -OCH3 is 1. The van der Waals surface area contributed by atoms with Crippen LogP contribution >= 0.6 is 0 Å². The molecule has 1 heterocycles. The van der Waals surface area contributed by atoms with E-state index >= 15 is 0 Å². The van der Waals surface area contributed by atoms with Gasteiger partial charge in [0.05, 0.1) is 7.11 Å². The number of nitrogens with zero attached hydrogens (tertiary/aromatic N) is 1. The van der Waals surface area contributed by atoms with Crippen molar-refractivity contribution in [1.82, 2.24) is 4.90 Å². The molecule has 1 unspecified atom stereocenters. The molecule has 1 N–H and O–H groups in total. The molecule has 0 saturated carbocycles. The number of anilines is 1. The Balaban J connectivity index is 1.62. The molecule has 1 aliphatic heterocycles. The van der Waals surface area contributed by atoms with Gasteiger partial charge < -0.3 is 14.8 Å². The number of benzene rings is 2. The van der Waals surface area contributed by atoms with Gasteiger partial charge in [0, 0.05) is 18.3 Å². The van der Waals surface area contributed by atoms with Crippen molar-refractivity contribution in [3.05, 3.63) is 59.7 Å². The summed E-state index contributed by atoms with van der Waals surface area (Å²) in [5, 5.41) is 2.61. The predicted octanol–water partition coefficient (Wildman–Crippen LogP) is 3.71. The number of likely N-dealkylation sites (tertiary alicyclic amines) is 1. The fourth-order valence-corrected chi connectivity index (χ4v) is 3.08. The highest BCUT2D eigenvalue weighted by atomic mass is 19.1. The fraction of sp³-hybridized carbons (Fsp3) is 0.300. The average molecular weight is 390 g/mol. The highest BCUT2D eigenvalue weighted by Crippen LogP contribution is 2.24. The summed E-state index contributed by atoms with van der Waals surface area (Å²) in [4.78, 5) is 25.5. The molecule has 1 atom stereocenters. The number of hydrogen-bond acceptors (Lipinski definition) is 4. The van der Waals surface area contributed by atoms with Crippen molar-refractivity contribution in [2.75, 3.05) is 19.0 Å². The van der Waals surface area contributed by atoms with Crippen molar-refractivity contribution >= 4 is 17.7 Å². The van der Waals surface area contributed by atoms with E-state index in [0.29, 0.717) is 24.9 Å². The van der Waals surface area contributed by atoms with Gasteiger partial charge in [0.2, 0.25) is 5.91 Å². The first kappa shape index (κ1) is 19.6. The Morgan fingerprint density at radius 1 is 1.21 bits per heavy atom. The number of amides is 2. The molecule has 1 aliphatic rings. The number of carbonyl (C=O) groups is 2. The van der Waals surface area contributed by atoms with Crippen LogP contribution in [0.5, 0.6) is 5.75 Å². The maximum Gasteiger partial charge on any atom is 0.410 e. The molecular weight excluding hydrogens is 370 g/mol. The summed E-state index contributed by atoms with van der Waals surface area (Å²) in [7, 11) is 1.26. The van der Waals surface area contributed by atoms with E-state index in [0.717, 1.165) is 6.07 Å². The molecular formula is C20H20F2N2O4. The van der Waals surface area contributed by atoms with E-state index in [2.05, 4.69) is 10.1 Å². The van der Waals surface area contributed by atoms with Crippen LogP contribution in [-0.4, -0.2) is 36.6 Å². The predicted molar refractivity (Wildman–Crippen MR) is 97.9 cm³/mol. The standard InChI is InChI=1S/C20H20F2N2O4/c1-27-20(26)24-9-3-6-17(24)19(25)23-15-7-8-18(16(22)11-15)28-12-13-4-2-5-14(21)10-13/h2,4-5,7-8,10-11,17H,3,6,9,12H2,1H3,(H,23,25). The summed E-state index contributed by atoms with van der Waals surface area (Å²) in [5.41, 5.74) is 0.818. The van der Waals surface area contributed by atoms with Crippen molar-refractivity contribution < 1.29 is 27.8 Å². The Kier molecular flexibility index (Phi) is 6.08. The molecule has 1 fully saturated rings. The Labute approximate surface area is 161 Å². The van der Waals surface area contributed by atoms with Gasteiger partial charge in [-0.3, -0.25) is 9.69 Å². The number of rotatable bonds is 5. The highest BCUT2D eigenvalue weighted by Gasteiger charge is 2.34. The SMILES string of the molecule is COC(=O)N1CCCC1C(=O)Nc1ccc(OCc2cccc(F)c2)c(F)c1. The zero-order chi connectivity index (χ0) is 20.1. The van der Waals surface area contributed by atoms with Crippen molar-refractivity contribution in [3.8, 4) is 5.75 Å². The van der Waals surface area contributed by atoms with E-state index in [1.54, 1.807) is 12.1 Å². The van der Waals surface area contributed by atoms with Crippen LogP contribution in [0.25, 0.3) is 0 Å². The third-order valence-electron chi connectivity index (χ3n) is 4.45. The molecule has 1 saturated heterocycles. The average Bonchev–Trinajstić information content (AvgIpc) is 3.17. The molecule has 6 nitrogen and oxygen atoms in total. The summed E-state index contributed by atoms with van der Waals surface area (Å²) < 4.78 is 37.5. The Morgan fingerprint density at radius 3 is 2.75 bits per heavy atom. The van der Waals surface area contributed by atoms with E-state index < -0.39 is 29.7 Å². The van der Waals surface area contributed by atoms with E-state index in [1.165, 1.54) is 36.3 Å². The minimum Gasteiger partial charge on any atom is -0.486 e. The summed E-state index contributed by atoms with van der Waals surface area (Å²) in [5.74, 6) is -1.48. The summed E-state index contributed by atoms with van der Waals surface area (Å²) in [6.07, 6.45) is 0.636. The van der Waals surface area contributed by atoms with Gasteiger partial charge in [-0.05, 0) is 42.7 Å². The molecule has 148 valence electrons. The second-order valence-corrected chi connectivity index (χ2v) is 6.37. The first-order valence-corrected chi connectivity index (χ1v) is 8.80. The lowest BCUT2D eigenvalue weighted by Gasteiger charge is -2.22. The molecule has 0 bridgehead atoms. The van der Waals surface area contributed by atoms with Gasteiger partial charge in [-0.2, -0.15) is 0 Å². The van der Waals surface area contributed by atoms with Crippen molar-refractivity contribution in [1.29, 1.82) is 0 Å². The number of nitrogens with one attached hydrogen (secondary N) is 1. The second kappa shape index (κ2) is 8.69. The maximum absolute atomic E-state index is 14.3. The van der Waals surface area contributed by atoms with E-state index in [9.17, 15) is 18.4 Å². The maximum atomic E-state index is 14.3. The van der Waals surface area contributed by atoms with Gasteiger partial charge in [0.15, 0.2) is 11.6 Å². The Morgan fingerprint density at radius 2 is 2.04 bits per heavy atom. The largest absolute Gasteiger partial charge is 0.486 e. The molecule has 0 spiro atoms. The third kappa shape index (κ3) is 4.57. The van der Waals surface area contributed by atoms with Crippen LogP contribution in [0, 0.1) is 11.6 Å². The zero-order valence-corrected chi connectivity index (χ0v) is 15.3. The molecule has 28 heavy (non-hydrogen) atoms. The van der Waals surface area contributed by atoms with Crippen LogP contribution < -0.4 is 10.1 Å². The lowest BCUT2D eigenvalue weighted by Crippen LogP contribution is -2.43. The van der Waals surface area contributed by atoms with Crippen molar-refractivity contribution in [2.45, 2.75) is 25.5 Å². The lowest BCUT2D eigenvalue weighted by atomic mass is 10.2. The molecule has 2 aromatic rings. The normalized spacial score (nSPS) is 16.0. The molecule has 0 aromatic heterocycles. The van der Waals surface area contributed by atoms with Crippen LogP contribution in [0.1, 0.15) is 18.4 Å². The van der Waals surface area contributed by atoms with Gasteiger partial charge in [0.1, 0.15) is 18.5 Å². The summed E-state index contributed by atoms with van der Waals surface area (Å²) in [6, 6.07) is 9.20. The summed E-state index contributed by atoms with van der Waals surface area (Å²) >= 11 is 0. The monoisotopic (exact) mass is 390 g/mol. The molecule has 2 aromatic carbocycles. The van der Waals surface area contributed by atoms with E-state index in [1.807, 2.05) is 0 Å². The zero-order valence-electron chi connectivity index (χ0n) is 15.3. The minimum absolute atomic E-state index is 0.0105. The van der Waals surface area contributed by atoms with Crippen molar-refractivity contribution in [3.63, 3.8) is 0 Å². The smallest absolute Gasteiger partial charge is 0.410 e. The van der Waals surface area contributed by atoms with Gasteiger partial charge >= 0.3 is 6.09 Å². The molecule has 8 heteroatoms. The van der Waals surface area contributed by atoms with Gasteiger partial charge in [-0.25, -0.2) is 13.6 Å². The van der Waals surface area contributed by atoms with Crippen LogP contribution in [0.2, 0.25) is 0 Å². The van der Waals surface area contributed by atoms with Crippen LogP contribution in [0.3, 0.4) is 0 Å². The van der Waals surface area contributed by atoms with E-state index in [-0.39, 0.29) is 18.0 Å². The lowest BCUT2D eigenvalue weighted by molar-refractivity contribution is -0.119. The number of halogens is 2. The third-order valence-corrected chi connectivity index (χ3v) is 4.45. The Hall–Kier alpha value is -3.16. The number of ether oxygens (including phenoxy) is 2. The first-order valence-electron chi connectivity index (χ1n) is 8.80. The second-order valence-electron chi connectivity index (χ2n) is 6.37. The topological polar surface area (TPSA) is 67.9 Å². The molecule has 3 rings (SSSR count). The fourth-order valence-electron chi connectivity index (χ4n) is 3.08. The molecule has 0 radical (unpaired) electrons. The van der Waals surface area contributed by atoms with E-state index in [4.69, 9.17) is 4.74 Å². The molecule has 0 aliphatic carbocycles. The quantitative estimate of drug-likeness (QED) is 0.845. The Bertz CT molecular complexity index is 875. The summed E-state index contributed by atoms with van der Waals surface area (Å²) in [6.45, 7) is 0.447. The van der Waals surface area contributed by atoms with Crippen LogP contribution in [0.15, 0.2) is 42.5 Å². The highest BCUT2D eigenvalue weighted by molar-refractivity contribution is 5.96. The van der Waals surface area contributed by atoms with Crippen LogP contribution in [-0.2, 0) is 16.1 Å². The minimum atomic E-state index is -0.662. The number of hydrogen-bond donors (Lipinski definition) is 1.